The SMILES string of the molecule is Cc1cc(C)n2cnc(C(=O)N[C@H]3C4CC[C@@H]3C[C@H](OC(C)(C)C)C4)c2n1. The molecule has 0 aromatic carbocycles. The molecule has 4 rings (SSSR count). The summed E-state index contributed by atoms with van der Waals surface area (Å²) in [6, 6.07) is 2.22. The molecule has 0 saturated heterocycles. The molecule has 0 spiro atoms. The molecule has 4 atom stereocenters. The van der Waals surface area contributed by atoms with Crippen LogP contribution in [0.15, 0.2) is 12.4 Å². The van der Waals surface area contributed by atoms with Crippen LogP contribution in [-0.4, -0.2) is 38.0 Å². The van der Waals surface area contributed by atoms with E-state index in [0.29, 0.717) is 29.3 Å². The summed E-state index contributed by atoms with van der Waals surface area (Å²) < 4.78 is 8.11. The highest BCUT2D eigenvalue weighted by atomic mass is 16.5. The highest BCUT2D eigenvalue weighted by Gasteiger charge is 2.44. The number of fused-ring (bicyclic) bond motifs is 3. The maximum atomic E-state index is 13.0. The molecule has 1 amide bonds. The Balaban J connectivity index is 1.50. The summed E-state index contributed by atoms with van der Waals surface area (Å²) in [4.78, 5) is 21.9. The van der Waals surface area contributed by atoms with Crippen molar-refractivity contribution in [3.8, 4) is 0 Å². The van der Waals surface area contributed by atoms with Crippen molar-refractivity contribution in [3.63, 3.8) is 0 Å². The van der Waals surface area contributed by atoms with Crippen molar-refractivity contribution in [2.45, 2.75) is 78.0 Å². The quantitative estimate of drug-likeness (QED) is 0.898. The number of rotatable bonds is 3. The van der Waals surface area contributed by atoms with Gasteiger partial charge in [0.25, 0.3) is 5.91 Å². The first-order chi connectivity index (χ1) is 12.7. The number of nitrogens with zero attached hydrogens (tertiary/aromatic N) is 3. The van der Waals surface area contributed by atoms with E-state index in [1.165, 1.54) is 12.8 Å². The van der Waals surface area contributed by atoms with Crippen LogP contribution in [0.2, 0.25) is 0 Å². The van der Waals surface area contributed by atoms with Crippen molar-refractivity contribution < 1.29 is 9.53 Å². The highest BCUT2D eigenvalue weighted by Crippen LogP contribution is 2.44. The summed E-state index contributed by atoms with van der Waals surface area (Å²) in [5.74, 6) is 0.878. The van der Waals surface area contributed by atoms with Crippen molar-refractivity contribution in [3.05, 3.63) is 29.5 Å². The molecule has 27 heavy (non-hydrogen) atoms. The van der Waals surface area contributed by atoms with Gasteiger partial charge in [0, 0.05) is 17.4 Å². The largest absolute Gasteiger partial charge is 0.373 e. The zero-order valence-corrected chi connectivity index (χ0v) is 17.0. The van der Waals surface area contributed by atoms with Gasteiger partial charge >= 0.3 is 0 Å². The van der Waals surface area contributed by atoms with E-state index in [-0.39, 0.29) is 17.6 Å². The lowest BCUT2D eigenvalue weighted by Gasteiger charge is -2.38. The van der Waals surface area contributed by atoms with Crippen LogP contribution in [0, 0.1) is 25.7 Å². The first kappa shape index (κ1) is 18.4. The molecule has 2 aliphatic carbocycles. The van der Waals surface area contributed by atoms with Gasteiger partial charge in [-0.2, -0.15) is 0 Å². The Morgan fingerprint density at radius 3 is 2.52 bits per heavy atom. The Morgan fingerprint density at radius 2 is 1.89 bits per heavy atom. The summed E-state index contributed by atoms with van der Waals surface area (Å²) in [5.41, 5.74) is 2.88. The van der Waals surface area contributed by atoms with Gasteiger partial charge in [0.15, 0.2) is 11.3 Å². The average Bonchev–Trinajstić information content (AvgIpc) is 3.05. The number of nitrogens with one attached hydrogen (secondary N) is 1. The Kier molecular flexibility index (Phi) is 4.49. The molecule has 2 bridgehead atoms. The van der Waals surface area contributed by atoms with Gasteiger partial charge in [-0.05, 0) is 78.2 Å². The van der Waals surface area contributed by atoms with Crippen LogP contribution in [0.3, 0.4) is 0 Å². The molecule has 6 nitrogen and oxygen atoms in total. The van der Waals surface area contributed by atoms with Crippen LogP contribution in [0.4, 0.5) is 0 Å². The van der Waals surface area contributed by atoms with Crippen LogP contribution in [-0.2, 0) is 4.74 Å². The van der Waals surface area contributed by atoms with Crippen LogP contribution in [0.1, 0.15) is 68.3 Å². The minimum absolute atomic E-state index is 0.105. The van der Waals surface area contributed by atoms with Crippen LogP contribution < -0.4 is 5.32 Å². The van der Waals surface area contributed by atoms with E-state index in [0.717, 1.165) is 24.2 Å². The highest BCUT2D eigenvalue weighted by molar-refractivity contribution is 5.98. The smallest absolute Gasteiger partial charge is 0.274 e. The van der Waals surface area contributed by atoms with Crippen molar-refractivity contribution in [1.29, 1.82) is 0 Å². The first-order valence-corrected chi connectivity index (χ1v) is 10.0. The third-order valence-electron chi connectivity index (χ3n) is 5.91. The van der Waals surface area contributed by atoms with E-state index in [2.05, 4.69) is 36.1 Å². The van der Waals surface area contributed by atoms with E-state index < -0.39 is 0 Å². The van der Waals surface area contributed by atoms with Gasteiger partial charge in [0.2, 0.25) is 0 Å². The molecule has 2 saturated carbocycles. The number of carbonyl (C=O) groups is 1. The molecule has 0 radical (unpaired) electrons. The Morgan fingerprint density at radius 1 is 1.22 bits per heavy atom. The summed E-state index contributed by atoms with van der Waals surface area (Å²) in [7, 11) is 0. The maximum absolute atomic E-state index is 13.0. The third-order valence-corrected chi connectivity index (χ3v) is 5.91. The topological polar surface area (TPSA) is 68.5 Å². The van der Waals surface area contributed by atoms with Gasteiger partial charge in [-0.25, -0.2) is 9.97 Å². The number of aromatic nitrogens is 3. The normalized spacial score (nSPS) is 27.9. The Labute approximate surface area is 160 Å². The average molecular weight is 370 g/mol. The minimum Gasteiger partial charge on any atom is -0.373 e. The van der Waals surface area contributed by atoms with Crippen LogP contribution in [0.5, 0.6) is 0 Å². The van der Waals surface area contributed by atoms with E-state index in [1.807, 2.05) is 24.3 Å². The van der Waals surface area contributed by atoms with E-state index >= 15 is 0 Å². The summed E-state index contributed by atoms with van der Waals surface area (Å²) in [6.07, 6.45) is 6.38. The number of ether oxygens (including phenoxy) is 1. The Hall–Kier alpha value is -1.95. The molecule has 2 heterocycles. The van der Waals surface area contributed by atoms with Gasteiger partial charge in [0.1, 0.15) is 6.33 Å². The van der Waals surface area contributed by atoms with Crippen molar-refractivity contribution >= 4 is 11.6 Å². The lowest BCUT2D eigenvalue weighted by Crippen LogP contribution is -2.47. The molecule has 2 aromatic rings. The molecule has 0 aliphatic heterocycles. The number of hydrogen-bond donors (Lipinski definition) is 1. The van der Waals surface area contributed by atoms with Gasteiger partial charge in [0.05, 0.1) is 11.7 Å². The van der Waals surface area contributed by atoms with E-state index in [9.17, 15) is 4.79 Å². The minimum atomic E-state index is -0.114. The summed E-state index contributed by atoms with van der Waals surface area (Å²) >= 11 is 0. The molecular formula is C21H30N4O2. The fourth-order valence-corrected chi connectivity index (χ4v) is 4.96. The number of imidazole rings is 1. The predicted octanol–water partition coefficient (Wildman–Crippen LogP) is 3.45. The van der Waals surface area contributed by atoms with Crippen molar-refractivity contribution in [2.24, 2.45) is 11.8 Å². The molecule has 1 N–H and O–H groups in total. The number of amides is 1. The summed E-state index contributed by atoms with van der Waals surface area (Å²) in [5, 5.41) is 3.29. The lowest BCUT2D eigenvalue weighted by molar-refractivity contribution is -0.0875. The van der Waals surface area contributed by atoms with E-state index in [4.69, 9.17) is 4.74 Å². The van der Waals surface area contributed by atoms with Gasteiger partial charge in [-0.3, -0.25) is 9.20 Å². The Bertz CT molecular complexity index is 853. The van der Waals surface area contributed by atoms with Gasteiger partial charge < -0.3 is 10.1 Å². The molecule has 2 aliphatic rings. The van der Waals surface area contributed by atoms with Gasteiger partial charge in [-0.15, -0.1) is 0 Å². The standard InChI is InChI=1S/C21H30N4O2/c1-12-8-13(2)25-11-22-18(19(25)23-12)20(26)24-17-14-6-7-15(17)10-16(9-14)27-21(3,4)5/h8,11,14-17H,6-7,9-10H2,1-5H3,(H,24,26)/t14-,15?,16+,17-/m1/s1. The second-order valence-electron chi connectivity index (χ2n) is 9.25. The lowest BCUT2D eigenvalue weighted by atomic mass is 9.82. The summed E-state index contributed by atoms with van der Waals surface area (Å²) in [6.45, 7) is 10.3. The zero-order chi connectivity index (χ0) is 19.3. The third kappa shape index (κ3) is 3.59. The first-order valence-electron chi connectivity index (χ1n) is 10.0. The van der Waals surface area contributed by atoms with E-state index in [1.54, 1.807) is 6.33 Å². The molecule has 1 unspecified atom stereocenters. The molecule has 2 fully saturated rings. The fourth-order valence-electron chi connectivity index (χ4n) is 4.96. The fraction of sp³-hybridized carbons (Fsp3) is 0.667. The van der Waals surface area contributed by atoms with Gasteiger partial charge in [-0.1, -0.05) is 0 Å². The zero-order valence-electron chi connectivity index (χ0n) is 17.0. The number of hydrogen-bond acceptors (Lipinski definition) is 4. The predicted molar refractivity (Wildman–Crippen MR) is 104 cm³/mol. The van der Waals surface area contributed by atoms with Crippen LogP contribution in [0.25, 0.3) is 5.65 Å². The molecular weight excluding hydrogens is 340 g/mol. The second-order valence-corrected chi connectivity index (χ2v) is 9.25. The molecule has 6 heteroatoms. The maximum Gasteiger partial charge on any atom is 0.274 e. The number of carbonyl (C=O) groups excluding carboxylic acids is 1. The van der Waals surface area contributed by atoms with Crippen molar-refractivity contribution in [2.75, 3.05) is 0 Å². The van der Waals surface area contributed by atoms with Crippen LogP contribution >= 0.6 is 0 Å². The molecule has 2 aromatic heterocycles. The van der Waals surface area contributed by atoms with Crippen molar-refractivity contribution in [1.82, 2.24) is 19.7 Å². The monoisotopic (exact) mass is 370 g/mol. The number of aryl methyl sites for hydroxylation is 2. The second kappa shape index (κ2) is 6.59. The molecule has 146 valence electrons.